The number of hydrogen-bond donors (Lipinski definition) is 0. The average molecular weight is 332 g/mol. The van der Waals surface area contributed by atoms with Gasteiger partial charge in [-0.3, -0.25) is 4.79 Å². The molecule has 7 heteroatoms. The van der Waals surface area contributed by atoms with Crippen molar-refractivity contribution in [3.05, 3.63) is 0 Å². The van der Waals surface area contributed by atoms with Crippen molar-refractivity contribution in [2.24, 2.45) is 5.92 Å². The number of halogens is 2. The number of carbonyl (C=O) groups excluding carboxylic acids is 2. The van der Waals surface area contributed by atoms with Gasteiger partial charge in [0.25, 0.3) is 5.92 Å². The van der Waals surface area contributed by atoms with Gasteiger partial charge >= 0.3 is 6.09 Å². The monoisotopic (exact) mass is 332 g/mol. The molecule has 0 spiro atoms. The van der Waals surface area contributed by atoms with E-state index >= 15 is 0 Å². The van der Waals surface area contributed by atoms with Gasteiger partial charge in [0.15, 0.2) is 0 Å². The quantitative estimate of drug-likeness (QED) is 0.742. The third-order valence-corrected chi connectivity index (χ3v) is 4.22. The van der Waals surface area contributed by atoms with Crippen LogP contribution in [0.1, 0.15) is 46.5 Å². The summed E-state index contributed by atoms with van der Waals surface area (Å²) in [7, 11) is 0. The third-order valence-electron chi connectivity index (χ3n) is 4.22. The Morgan fingerprint density at radius 2 is 1.65 bits per heavy atom. The summed E-state index contributed by atoms with van der Waals surface area (Å²) in [4.78, 5) is 26.9. The second kappa shape index (κ2) is 6.61. The molecular weight excluding hydrogens is 306 g/mol. The highest BCUT2D eigenvalue weighted by atomic mass is 19.3. The number of amides is 2. The minimum atomic E-state index is -3.22. The van der Waals surface area contributed by atoms with E-state index in [4.69, 9.17) is 4.74 Å². The summed E-state index contributed by atoms with van der Waals surface area (Å²) in [5.41, 5.74) is -0.729. The minimum absolute atomic E-state index is 0.0262. The Hall–Kier alpha value is -1.40. The minimum Gasteiger partial charge on any atom is -0.444 e. The number of likely N-dealkylation sites (tertiary alicyclic amines) is 2. The zero-order valence-corrected chi connectivity index (χ0v) is 14.1. The Kier molecular flexibility index (Phi) is 5.16. The zero-order valence-electron chi connectivity index (χ0n) is 14.1. The van der Waals surface area contributed by atoms with Crippen molar-refractivity contribution in [3.63, 3.8) is 0 Å². The first kappa shape index (κ1) is 17.9. The second-order valence-corrected chi connectivity index (χ2v) is 7.39. The highest BCUT2D eigenvalue weighted by Crippen LogP contribution is 2.35. The van der Waals surface area contributed by atoms with Crippen molar-refractivity contribution in [2.75, 3.05) is 26.2 Å². The maximum atomic E-state index is 14.4. The van der Waals surface area contributed by atoms with E-state index < -0.39 is 36.0 Å². The average Bonchev–Trinajstić information content (AvgIpc) is 2.44. The highest BCUT2D eigenvalue weighted by Gasteiger charge is 2.51. The summed E-state index contributed by atoms with van der Waals surface area (Å²) in [5, 5.41) is 0. The Morgan fingerprint density at radius 3 is 2.17 bits per heavy atom. The van der Waals surface area contributed by atoms with Gasteiger partial charge in [-0.2, -0.15) is 0 Å². The second-order valence-electron chi connectivity index (χ2n) is 7.39. The molecule has 2 aliphatic rings. The van der Waals surface area contributed by atoms with E-state index in [1.807, 2.05) is 0 Å². The smallest absolute Gasteiger partial charge is 0.410 e. The van der Waals surface area contributed by atoms with Crippen LogP contribution >= 0.6 is 0 Å². The van der Waals surface area contributed by atoms with E-state index in [2.05, 4.69) is 0 Å². The fourth-order valence-corrected chi connectivity index (χ4v) is 3.06. The molecule has 2 amide bonds. The number of carbonyl (C=O) groups is 2. The molecule has 0 bridgehead atoms. The first-order chi connectivity index (χ1) is 10.6. The van der Waals surface area contributed by atoms with Crippen LogP contribution in [0.15, 0.2) is 0 Å². The maximum absolute atomic E-state index is 14.4. The van der Waals surface area contributed by atoms with Gasteiger partial charge in [-0.05, 0) is 46.5 Å². The molecule has 5 nitrogen and oxygen atoms in total. The van der Waals surface area contributed by atoms with Crippen molar-refractivity contribution < 1.29 is 23.1 Å². The molecule has 2 saturated heterocycles. The molecule has 2 aliphatic heterocycles. The predicted molar refractivity (Wildman–Crippen MR) is 81.3 cm³/mol. The van der Waals surface area contributed by atoms with E-state index in [1.165, 1.54) is 0 Å². The lowest BCUT2D eigenvalue weighted by molar-refractivity contribution is -0.161. The van der Waals surface area contributed by atoms with Crippen molar-refractivity contribution in [2.45, 2.75) is 58.0 Å². The summed E-state index contributed by atoms with van der Waals surface area (Å²) in [6.45, 7) is 5.55. The molecule has 1 atom stereocenters. The molecule has 2 fully saturated rings. The molecule has 0 aromatic heterocycles. The molecule has 0 saturated carbocycles. The summed E-state index contributed by atoms with van der Waals surface area (Å²) in [6, 6.07) is 0. The normalized spacial score (nSPS) is 25.2. The molecule has 132 valence electrons. The van der Waals surface area contributed by atoms with Crippen molar-refractivity contribution in [3.8, 4) is 0 Å². The summed E-state index contributed by atoms with van der Waals surface area (Å²) in [5.74, 6) is -5.03. The molecule has 0 aromatic rings. The summed E-state index contributed by atoms with van der Waals surface area (Å²) >= 11 is 0. The Bertz CT molecular complexity index is 457. The third kappa shape index (κ3) is 4.54. The molecular formula is C16H26F2N2O3. The number of hydrogen-bond acceptors (Lipinski definition) is 3. The van der Waals surface area contributed by atoms with Crippen LogP contribution in [-0.2, 0) is 9.53 Å². The summed E-state index contributed by atoms with van der Waals surface area (Å²) < 4.78 is 34.0. The maximum Gasteiger partial charge on any atom is 0.410 e. The fraction of sp³-hybridized carbons (Fsp3) is 0.875. The van der Waals surface area contributed by atoms with Gasteiger partial charge in [0, 0.05) is 19.6 Å². The zero-order chi connectivity index (χ0) is 17.3. The molecule has 2 rings (SSSR count). The van der Waals surface area contributed by atoms with Gasteiger partial charge in [-0.15, -0.1) is 0 Å². The number of rotatable bonds is 1. The molecule has 2 heterocycles. The van der Waals surface area contributed by atoms with Gasteiger partial charge in [0.1, 0.15) is 11.5 Å². The van der Waals surface area contributed by atoms with Crippen LogP contribution in [0.25, 0.3) is 0 Å². The Labute approximate surface area is 135 Å². The Balaban J connectivity index is 1.99. The highest BCUT2D eigenvalue weighted by molar-refractivity contribution is 5.80. The fourth-order valence-electron chi connectivity index (χ4n) is 3.06. The van der Waals surface area contributed by atoms with Crippen LogP contribution in [0.3, 0.4) is 0 Å². The van der Waals surface area contributed by atoms with Crippen LogP contribution < -0.4 is 0 Å². The van der Waals surface area contributed by atoms with E-state index in [-0.39, 0.29) is 13.0 Å². The number of ether oxygens (including phenoxy) is 1. The number of nitrogens with zero attached hydrogens (tertiary/aromatic N) is 2. The molecule has 23 heavy (non-hydrogen) atoms. The summed E-state index contributed by atoms with van der Waals surface area (Å²) in [6.07, 6.45) is 2.00. The molecule has 1 unspecified atom stereocenters. The van der Waals surface area contributed by atoms with Crippen LogP contribution in [0, 0.1) is 5.92 Å². The molecule has 0 N–H and O–H groups in total. The van der Waals surface area contributed by atoms with E-state index in [0.29, 0.717) is 13.1 Å². The van der Waals surface area contributed by atoms with Crippen LogP contribution in [0.2, 0.25) is 0 Å². The number of alkyl halides is 2. The molecule has 0 aliphatic carbocycles. The Morgan fingerprint density at radius 1 is 1.04 bits per heavy atom. The van der Waals surface area contributed by atoms with Gasteiger partial charge in [-0.1, -0.05) is 0 Å². The van der Waals surface area contributed by atoms with E-state index in [0.717, 1.165) is 24.2 Å². The predicted octanol–water partition coefficient (Wildman–Crippen LogP) is 2.89. The van der Waals surface area contributed by atoms with Gasteiger partial charge < -0.3 is 14.5 Å². The largest absolute Gasteiger partial charge is 0.444 e. The van der Waals surface area contributed by atoms with E-state index in [1.54, 1.807) is 25.7 Å². The first-order valence-corrected chi connectivity index (χ1v) is 8.25. The van der Waals surface area contributed by atoms with Crippen molar-refractivity contribution in [1.82, 2.24) is 9.80 Å². The van der Waals surface area contributed by atoms with Crippen LogP contribution in [0.4, 0.5) is 13.6 Å². The first-order valence-electron chi connectivity index (χ1n) is 8.25. The lowest BCUT2D eigenvalue weighted by atomic mass is 9.91. The van der Waals surface area contributed by atoms with E-state index in [9.17, 15) is 18.4 Å². The topological polar surface area (TPSA) is 49.9 Å². The van der Waals surface area contributed by atoms with Gasteiger partial charge in [0.05, 0.1) is 6.54 Å². The SMILES string of the molecule is CC(C)(C)OC(=O)N1CCC(C(=O)N2CCCCC2)C(F)(F)C1. The van der Waals surface area contributed by atoms with Crippen LogP contribution in [0.5, 0.6) is 0 Å². The van der Waals surface area contributed by atoms with Crippen molar-refractivity contribution in [1.29, 1.82) is 0 Å². The molecule has 0 radical (unpaired) electrons. The van der Waals surface area contributed by atoms with Crippen LogP contribution in [-0.4, -0.2) is 59.5 Å². The van der Waals surface area contributed by atoms with Crippen molar-refractivity contribution >= 4 is 12.0 Å². The lowest BCUT2D eigenvalue weighted by Gasteiger charge is -2.40. The standard InChI is InChI=1S/C16H26F2N2O3/c1-15(2,3)23-14(22)20-10-7-12(16(17,18)11-20)13(21)19-8-5-4-6-9-19/h12H,4-11H2,1-3H3. The van der Waals surface area contributed by atoms with Gasteiger partial charge in [-0.25, -0.2) is 13.6 Å². The lowest BCUT2D eigenvalue weighted by Crippen LogP contribution is -2.56. The van der Waals surface area contributed by atoms with Gasteiger partial charge in [0.2, 0.25) is 5.91 Å². The molecule has 0 aromatic carbocycles. The number of piperidine rings is 2.